The molecule has 0 radical (unpaired) electrons. The summed E-state index contributed by atoms with van der Waals surface area (Å²) in [5, 5.41) is 0. The monoisotopic (exact) mass is 510 g/mol. The van der Waals surface area contributed by atoms with Crippen molar-refractivity contribution in [3.05, 3.63) is 48.2 Å². The lowest BCUT2D eigenvalue weighted by atomic mass is 9.85. The molecule has 0 saturated carbocycles. The van der Waals surface area contributed by atoms with Gasteiger partial charge in [-0.3, -0.25) is 9.69 Å². The average molecular weight is 510 g/mol. The summed E-state index contributed by atoms with van der Waals surface area (Å²) in [7, 11) is -4.20. The van der Waals surface area contributed by atoms with E-state index in [9.17, 15) is 39.6 Å². The van der Waals surface area contributed by atoms with Crippen LogP contribution < -0.4 is 9.64 Å². The Morgan fingerprint density at radius 1 is 1.06 bits per heavy atom. The third-order valence-corrected chi connectivity index (χ3v) is 8.39. The van der Waals surface area contributed by atoms with E-state index in [0.29, 0.717) is 6.20 Å². The lowest BCUT2D eigenvalue weighted by Crippen LogP contribution is -2.48. The molecule has 1 amide bonds. The number of piperidine rings is 1. The molecule has 1 aromatic carbocycles. The van der Waals surface area contributed by atoms with Crippen LogP contribution in [0.2, 0.25) is 0 Å². The summed E-state index contributed by atoms with van der Waals surface area (Å²) in [6, 6.07) is 5.87. The fourth-order valence-corrected chi connectivity index (χ4v) is 5.52. The van der Waals surface area contributed by atoms with Gasteiger partial charge in [0, 0.05) is 19.2 Å². The van der Waals surface area contributed by atoms with Gasteiger partial charge >= 0.3 is 12.5 Å². The van der Waals surface area contributed by atoms with E-state index in [4.69, 9.17) is 0 Å². The minimum absolute atomic E-state index is 0.00844. The molecule has 1 atom stereocenters. The molecule has 0 unspecified atom stereocenters. The van der Waals surface area contributed by atoms with E-state index in [-0.39, 0.29) is 25.2 Å². The molecule has 1 fully saturated rings. The summed E-state index contributed by atoms with van der Waals surface area (Å²) in [5.74, 6) is -1.92. The summed E-state index contributed by atoms with van der Waals surface area (Å²) in [6.45, 7) is 2.77. The van der Waals surface area contributed by atoms with Gasteiger partial charge in [0.05, 0.1) is 15.2 Å². The highest BCUT2D eigenvalue weighted by atomic mass is 32.2. The predicted octanol–water partition coefficient (Wildman–Crippen LogP) is 4.99. The number of halogens is 6. The average Bonchev–Trinajstić information content (AvgIpc) is 2.72. The number of anilines is 1. The van der Waals surface area contributed by atoms with Crippen LogP contribution in [0.15, 0.2) is 47.5 Å². The van der Waals surface area contributed by atoms with Crippen molar-refractivity contribution in [1.82, 2.24) is 4.98 Å². The van der Waals surface area contributed by atoms with E-state index in [1.54, 1.807) is 0 Å². The fourth-order valence-electron chi connectivity index (χ4n) is 3.74. The van der Waals surface area contributed by atoms with Crippen LogP contribution in [0.1, 0.15) is 32.3 Å². The number of hydrogen-bond acceptors (Lipinski definition) is 5. The topological polar surface area (TPSA) is 76.6 Å². The molecule has 186 valence electrons. The van der Waals surface area contributed by atoms with Crippen molar-refractivity contribution in [2.45, 2.75) is 48.9 Å². The van der Waals surface area contributed by atoms with E-state index >= 15 is 0 Å². The van der Waals surface area contributed by atoms with Gasteiger partial charge in [0.25, 0.3) is 0 Å². The highest BCUT2D eigenvalue weighted by molar-refractivity contribution is 7.92. The molecule has 34 heavy (non-hydrogen) atoms. The molecule has 3 rings (SSSR count). The maximum absolute atomic E-state index is 13.3. The lowest BCUT2D eigenvalue weighted by Gasteiger charge is -2.39. The summed E-state index contributed by atoms with van der Waals surface area (Å²) >= 11 is 0. The molecule has 13 heteroatoms. The Morgan fingerprint density at radius 3 is 2.26 bits per heavy atom. The van der Waals surface area contributed by atoms with Crippen molar-refractivity contribution in [3.63, 3.8) is 0 Å². The van der Waals surface area contributed by atoms with Gasteiger partial charge in [-0.25, -0.2) is 13.4 Å². The van der Waals surface area contributed by atoms with E-state index in [2.05, 4.69) is 9.72 Å². The van der Waals surface area contributed by atoms with Crippen molar-refractivity contribution in [3.8, 4) is 5.75 Å². The summed E-state index contributed by atoms with van der Waals surface area (Å²) in [4.78, 5) is 17.2. The zero-order chi connectivity index (χ0) is 25.5. The Labute approximate surface area is 191 Å². The number of sulfone groups is 1. The van der Waals surface area contributed by atoms with Gasteiger partial charge in [-0.15, -0.1) is 13.2 Å². The molecule has 0 bridgehead atoms. The summed E-state index contributed by atoms with van der Waals surface area (Å²) in [6.07, 6.45) is -9.03. The first-order valence-electron chi connectivity index (χ1n) is 9.96. The highest BCUT2D eigenvalue weighted by Gasteiger charge is 2.46. The molecular formula is C21H20F6N2O4S. The van der Waals surface area contributed by atoms with Gasteiger partial charge < -0.3 is 4.74 Å². The van der Waals surface area contributed by atoms with Crippen LogP contribution in [0.5, 0.6) is 5.75 Å². The maximum Gasteiger partial charge on any atom is 0.573 e. The van der Waals surface area contributed by atoms with Gasteiger partial charge in [0.1, 0.15) is 11.6 Å². The second-order valence-corrected chi connectivity index (χ2v) is 10.8. The number of ether oxygens (including phenoxy) is 1. The number of aromatic nitrogens is 1. The van der Waals surface area contributed by atoms with Crippen LogP contribution in [0.25, 0.3) is 0 Å². The second-order valence-electron chi connectivity index (χ2n) is 8.27. The largest absolute Gasteiger partial charge is 0.573 e. The first-order valence-corrected chi connectivity index (χ1v) is 11.4. The van der Waals surface area contributed by atoms with E-state index in [0.717, 1.165) is 36.4 Å². The third kappa shape index (κ3) is 5.29. The van der Waals surface area contributed by atoms with Crippen molar-refractivity contribution >= 4 is 21.6 Å². The smallest absolute Gasteiger partial charge is 0.406 e. The van der Waals surface area contributed by atoms with Crippen LogP contribution >= 0.6 is 0 Å². The second kappa shape index (κ2) is 8.75. The van der Waals surface area contributed by atoms with Crippen LogP contribution in [0.4, 0.5) is 32.2 Å². The summed E-state index contributed by atoms with van der Waals surface area (Å²) < 4.78 is 105. The quantitative estimate of drug-likeness (QED) is 0.530. The summed E-state index contributed by atoms with van der Waals surface area (Å²) in [5.41, 5.74) is -0.970. The van der Waals surface area contributed by atoms with Gasteiger partial charge in [0.15, 0.2) is 9.84 Å². The molecule has 1 aliphatic rings. The Balaban J connectivity index is 1.79. The predicted molar refractivity (Wildman–Crippen MR) is 109 cm³/mol. The fraction of sp³-hybridized carbons (Fsp3) is 0.429. The Morgan fingerprint density at radius 2 is 1.74 bits per heavy atom. The molecule has 1 aliphatic heterocycles. The molecular weight excluding hydrogens is 490 g/mol. The van der Waals surface area contributed by atoms with Crippen LogP contribution in [-0.2, 0) is 20.8 Å². The van der Waals surface area contributed by atoms with Crippen LogP contribution in [-0.4, -0.2) is 37.0 Å². The number of rotatable bonds is 5. The molecule has 6 nitrogen and oxygen atoms in total. The van der Waals surface area contributed by atoms with Crippen molar-refractivity contribution in [1.29, 1.82) is 0 Å². The third-order valence-electron chi connectivity index (χ3n) is 5.80. The van der Waals surface area contributed by atoms with Gasteiger partial charge in [0.2, 0.25) is 5.91 Å². The number of hydrogen-bond donors (Lipinski definition) is 0. The van der Waals surface area contributed by atoms with E-state index in [1.165, 1.54) is 18.7 Å². The van der Waals surface area contributed by atoms with E-state index in [1.807, 2.05) is 0 Å². The van der Waals surface area contributed by atoms with Crippen molar-refractivity contribution in [2.75, 3.05) is 11.4 Å². The number of benzene rings is 1. The standard InChI is InChI=1S/C21H20F6N2O4S/c1-19(2,34(31,32)16-5-3-4-15(11-16)33-21(25,26)27)13-8-9-29(18(30)10-13)17-7-6-14(12-28-17)20(22,23)24/h3-7,11-13H,8-10H2,1-2H3/t13-/m1/s1. The van der Waals surface area contributed by atoms with E-state index < -0.39 is 55.2 Å². The van der Waals surface area contributed by atoms with Gasteiger partial charge in [-0.2, -0.15) is 13.2 Å². The molecule has 1 aromatic heterocycles. The van der Waals surface area contributed by atoms with Crippen molar-refractivity contribution < 1.29 is 44.3 Å². The number of amides is 1. The molecule has 2 aromatic rings. The Hall–Kier alpha value is -2.83. The molecule has 1 saturated heterocycles. The number of alkyl halides is 6. The molecule has 0 aliphatic carbocycles. The first kappa shape index (κ1) is 25.8. The maximum atomic E-state index is 13.3. The zero-order valence-corrected chi connectivity index (χ0v) is 18.8. The SMILES string of the molecule is CC(C)([C@@H]1CCN(c2ccc(C(F)(F)F)cn2)C(=O)C1)S(=O)(=O)c1cccc(OC(F)(F)F)c1. The normalized spacial score (nSPS) is 18.2. The number of nitrogens with zero attached hydrogens (tertiary/aromatic N) is 2. The minimum Gasteiger partial charge on any atom is -0.406 e. The lowest BCUT2D eigenvalue weighted by molar-refractivity contribution is -0.274. The van der Waals surface area contributed by atoms with Gasteiger partial charge in [-0.05, 0) is 56.5 Å². The van der Waals surface area contributed by atoms with Crippen LogP contribution in [0.3, 0.4) is 0 Å². The number of pyridine rings is 1. The van der Waals surface area contributed by atoms with Gasteiger partial charge in [-0.1, -0.05) is 6.07 Å². The molecule has 0 spiro atoms. The molecule has 0 N–H and O–H groups in total. The minimum atomic E-state index is -5.00. The Bertz CT molecular complexity index is 1160. The zero-order valence-electron chi connectivity index (χ0n) is 17.9. The first-order chi connectivity index (χ1) is 15.5. The Kier molecular flexibility index (Phi) is 6.64. The van der Waals surface area contributed by atoms with Crippen molar-refractivity contribution in [2.24, 2.45) is 5.92 Å². The number of carbonyl (C=O) groups is 1. The number of carbonyl (C=O) groups excluding carboxylic acids is 1. The van der Waals surface area contributed by atoms with Crippen LogP contribution in [0, 0.1) is 5.92 Å². The molecule has 2 heterocycles. The highest BCUT2D eigenvalue weighted by Crippen LogP contribution is 2.40.